The minimum atomic E-state index is -0.241. The number of pyridine rings is 1. The Balaban J connectivity index is 1.43. The van der Waals surface area contributed by atoms with Crippen molar-refractivity contribution < 1.29 is 14.3 Å². The second-order valence-corrected chi connectivity index (χ2v) is 7.25. The van der Waals surface area contributed by atoms with Gasteiger partial charge < -0.3 is 15.3 Å². The quantitative estimate of drug-likeness (QED) is 0.551. The molecule has 7 heteroatoms. The van der Waals surface area contributed by atoms with E-state index in [0.717, 1.165) is 16.7 Å². The van der Waals surface area contributed by atoms with Crippen molar-refractivity contribution in [2.75, 3.05) is 6.54 Å². The van der Waals surface area contributed by atoms with Crippen LogP contribution in [0.1, 0.15) is 15.9 Å². The number of nitrogens with one attached hydrogen (secondary N) is 1. The first-order valence-corrected chi connectivity index (χ1v) is 9.41. The van der Waals surface area contributed by atoms with Crippen LogP contribution in [0.25, 0.3) is 11.1 Å². The number of aromatic nitrogens is 1. The Hall–Kier alpha value is -2.57. The second kappa shape index (κ2) is 6.97. The van der Waals surface area contributed by atoms with E-state index in [-0.39, 0.29) is 12.0 Å². The van der Waals surface area contributed by atoms with Gasteiger partial charge in [0.05, 0.1) is 17.1 Å². The molecular formula is C19H15ClN2O3S. The van der Waals surface area contributed by atoms with E-state index in [1.165, 1.54) is 24.5 Å². The molecule has 0 aliphatic carbocycles. The summed E-state index contributed by atoms with van der Waals surface area (Å²) < 4.78 is 6.56. The molecule has 26 heavy (non-hydrogen) atoms. The van der Waals surface area contributed by atoms with Crippen LogP contribution in [0.15, 0.2) is 53.5 Å². The van der Waals surface area contributed by atoms with E-state index in [9.17, 15) is 10.0 Å². The molecule has 0 spiro atoms. The third-order valence-electron chi connectivity index (χ3n) is 4.26. The normalized spacial score (nSPS) is 15.3. The van der Waals surface area contributed by atoms with Crippen LogP contribution in [0.5, 0.6) is 5.75 Å². The molecule has 4 rings (SSSR count). The summed E-state index contributed by atoms with van der Waals surface area (Å²) in [7, 11) is 0. The first-order valence-electron chi connectivity index (χ1n) is 8.09. The van der Waals surface area contributed by atoms with E-state index < -0.39 is 0 Å². The van der Waals surface area contributed by atoms with Crippen LogP contribution in [0.3, 0.4) is 0 Å². The Morgan fingerprint density at radius 2 is 2.12 bits per heavy atom. The van der Waals surface area contributed by atoms with Gasteiger partial charge in [-0.15, -0.1) is 0 Å². The zero-order valence-electron chi connectivity index (χ0n) is 13.6. The molecule has 1 aliphatic rings. The highest BCUT2D eigenvalue weighted by atomic mass is 35.5. The van der Waals surface area contributed by atoms with Crippen LogP contribution < -0.4 is 14.8 Å². The third-order valence-corrected chi connectivity index (χ3v) is 5.23. The molecule has 1 aromatic carbocycles. The zero-order chi connectivity index (χ0) is 18.1. The summed E-state index contributed by atoms with van der Waals surface area (Å²) in [5, 5.41) is 18.6. The summed E-state index contributed by atoms with van der Waals surface area (Å²) >= 11 is 8.03. The number of hydrogen-bond donors (Lipinski definition) is 1. The molecular weight excluding hydrogens is 372 g/mol. The summed E-state index contributed by atoms with van der Waals surface area (Å²) in [6.07, 6.45) is 3.10. The van der Waals surface area contributed by atoms with Crippen LogP contribution in [0.2, 0.25) is 5.02 Å². The largest absolute Gasteiger partial charge is 0.619 e. The number of ether oxygens (including phenoxy) is 1. The fourth-order valence-corrected chi connectivity index (χ4v) is 3.92. The smallest absolute Gasteiger partial charge is 0.251 e. The van der Waals surface area contributed by atoms with Gasteiger partial charge in [-0.05, 0) is 40.1 Å². The fraction of sp³-hybridized carbons (Fsp3) is 0.158. The highest BCUT2D eigenvalue weighted by molar-refractivity contribution is 7.08. The van der Waals surface area contributed by atoms with Crippen LogP contribution >= 0.6 is 22.9 Å². The standard InChI is InChI=1S/C19H15ClN2O3S/c20-17-9-14(13-3-6-26-11-13)7-15-8-16(25-18(15)17)10-21-19(23)12-1-4-22(24)5-2-12/h1-7,9,11,16H,8,10H2,(H,21,23). The molecule has 5 nitrogen and oxygen atoms in total. The number of nitrogens with zero attached hydrogens (tertiary/aromatic N) is 1. The lowest BCUT2D eigenvalue weighted by Crippen LogP contribution is -2.35. The molecule has 0 fully saturated rings. The van der Waals surface area contributed by atoms with Crippen molar-refractivity contribution in [2.24, 2.45) is 0 Å². The fourth-order valence-electron chi connectivity index (χ4n) is 2.97. The topological polar surface area (TPSA) is 65.3 Å². The number of benzene rings is 1. The third kappa shape index (κ3) is 3.38. The average Bonchev–Trinajstić information content (AvgIpc) is 3.30. The number of hydrogen-bond acceptors (Lipinski definition) is 4. The van der Waals surface area contributed by atoms with Gasteiger partial charge in [0.1, 0.15) is 11.9 Å². The molecule has 1 N–H and O–H groups in total. The van der Waals surface area contributed by atoms with E-state index in [4.69, 9.17) is 16.3 Å². The lowest BCUT2D eigenvalue weighted by molar-refractivity contribution is -0.605. The minimum Gasteiger partial charge on any atom is -0.619 e. The molecule has 0 saturated carbocycles. The van der Waals surface area contributed by atoms with Crippen LogP contribution in [-0.2, 0) is 6.42 Å². The lowest BCUT2D eigenvalue weighted by atomic mass is 10.0. The average molecular weight is 387 g/mol. The van der Waals surface area contributed by atoms with Gasteiger partial charge in [0.25, 0.3) is 5.91 Å². The molecule has 2 aromatic heterocycles. The first kappa shape index (κ1) is 16.9. The Bertz CT molecular complexity index is 942. The molecule has 0 bridgehead atoms. The van der Waals surface area contributed by atoms with Gasteiger partial charge in [0.2, 0.25) is 0 Å². The van der Waals surface area contributed by atoms with E-state index in [1.807, 2.05) is 11.4 Å². The van der Waals surface area contributed by atoms with E-state index in [0.29, 0.717) is 34.0 Å². The monoisotopic (exact) mass is 386 g/mol. The number of fused-ring (bicyclic) bond motifs is 1. The van der Waals surface area contributed by atoms with Gasteiger partial charge in [-0.3, -0.25) is 4.79 Å². The summed E-state index contributed by atoms with van der Waals surface area (Å²) in [6, 6.07) is 9.02. The number of carbonyl (C=O) groups is 1. The molecule has 132 valence electrons. The van der Waals surface area contributed by atoms with E-state index in [2.05, 4.69) is 22.8 Å². The predicted molar refractivity (Wildman–Crippen MR) is 101 cm³/mol. The molecule has 0 radical (unpaired) electrons. The summed E-state index contributed by atoms with van der Waals surface area (Å²) in [5.41, 5.74) is 3.69. The van der Waals surface area contributed by atoms with E-state index in [1.54, 1.807) is 11.3 Å². The molecule has 3 heterocycles. The van der Waals surface area contributed by atoms with Gasteiger partial charge in [0.15, 0.2) is 12.4 Å². The molecule has 3 aromatic rings. The van der Waals surface area contributed by atoms with Crippen molar-refractivity contribution >= 4 is 28.8 Å². The summed E-state index contributed by atoms with van der Waals surface area (Å²) in [5.74, 6) is 0.451. The minimum absolute atomic E-state index is 0.169. The maximum atomic E-state index is 12.2. The SMILES string of the molecule is O=C(NCC1Cc2cc(-c3ccsc3)cc(Cl)c2O1)c1cc[n+]([O-])cc1. The number of rotatable bonds is 4. The number of amides is 1. The van der Waals surface area contributed by atoms with Gasteiger partial charge in [0, 0.05) is 24.1 Å². The van der Waals surface area contributed by atoms with Crippen molar-refractivity contribution in [2.45, 2.75) is 12.5 Å². The van der Waals surface area contributed by atoms with Crippen molar-refractivity contribution in [3.05, 3.63) is 74.8 Å². The maximum absolute atomic E-state index is 12.2. The van der Waals surface area contributed by atoms with Gasteiger partial charge in [-0.25, -0.2) is 0 Å². The Kier molecular flexibility index (Phi) is 4.53. The van der Waals surface area contributed by atoms with Crippen molar-refractivity contribution in [1.29, 1.82) is 0 Å². The van der Waals surface area contributed by atoms with Crippen molar-refractivity contribution in [3.63, 3.8) is 0 Å². The van der Waals surface area contributed by atoms with Crippen molar-refractivity contribution in [3.8, 4) is 16.9 Å². The number of carbonyl (C=O) groups excluding carboxylic acids is 1. The number of halogens is 1. The van der Waals surface area contributed by atoms with Gasteiger partial charge in [-0.2, -0.15) is 16.1 Å². The zero-order valence-corrected chi connectivity index (χ0v) is 15.2. The highest BCUT2D eigenvalue weighted by Crippen LogP contribution is 2.39. The van der Waals surface area contributed by atoms with Gasteiger partial charge in [-0.1, -0.05) is 11.6 Å². The number of thiophene rings is 1. The molecule has 1 unspecified atom stereocenters. The second-order valence-electron chi connectivity index (χ2n) is 6.06. The Labute approximate surface area is 159 Å². The van der Waals surface area contributed by atoms with Crippen LogP contribution in [-0.4, -0.2) is 18.6 Å². The lowest BCUT2D eigenvalue weighted by Gasteiger charge is -2.12. The Morgan fingerprint density at radius 1 is 1.31 bits per heavy atom. The van der Waals surface area contributed by atoms with Gasteiger partial charge >= 0.3 is 0 Å². The molecule has 0 saturated heterocycles. The van der Waals surface area contributed by atoms with Crippen LogP contribution in [0, 0.1) is 5.21 Å². The molecule has 1 aliphatic heterocycles. The molecule has 1 amide bonds. The van der Waals surface area contributed by atoms with E-state index >= 15 is 0 Å². The predicted octanol–water partition coefficient (Wildman–Crippen LogP) is 3.44. The highest BCUT2D eigenvalue weighted by Gasteiger charge is 2.26. The molecule has 1 atom stereocenters. The summed E-state index contributed by atoms with van der Waals surface area (Å²) in [6.45, 7) is 0.365. The van der Waals surface area contributed by atoms with Crippen molar-refractivity contribution in [1.82, 2.24) is 5.32 Å². The van der Waals surface area contributed by atoms with Crippen LogP contribution in [0.4, 0.5) is 0 Å². The first-order chi connectivity index (χ1) is 12.6. The summed E-state index contributed by atoms with van der Waals surface area (Å²) in [4.78, 5) is 12.2. The Morgan fingerprint density at radius 3 is 2.85 bits per heavy atom. The maximum Gasteiger partial charge on any atom is 0.251 e.